The van der Waals surface area contributed by atoms with E-state index in [0.717, 1.165) is 16.7 Å². The zero-order valence-corrected chi connectivity index (χ0v) is 19.3. The van der Waals surface area contributed by atoms with Crippen LogP contribution in [0.5, 0.6) is 5.75 Å². The summed E-state index contributed by atoms with van der Waals surface area (Å²) in [4.78, 5) is 16.5. The van der Waals surface area contributed by atoms with Crippen molar-refractivity contribution in [2.24, 2.45) is 0 Å². The first-order chi connectivity index (χ1) is 16.5. The number of benzene rings is 2. The van der Waals surface area contributed by atoms with Gasteiger partial charge < -0.3 is 9.47 Å². The van der Waals surface area contributed by atoms with Crippen molar-refractivity contribution in [3.8, 4) is 16.9 Å². The fraction of sp³-hybridized carbons (Fsp3) is 0.280. The first-order valence-electron chi connectivity index (χ1n) is 11.0. The standard InChI is InChI=1S/C25H26N2O6S/c28-24(27-29)25(11-15-32-16-12-25)34(30,31)23-8-6-22(7-9-23)33-14-10-19-3-1-4-20(17-19)21-5-2-13-26-18-21/h1-9,13,17-18,29H,10-12,14-16H2,(H,27,28). The Kier molecular flexibility index (Phi) is 7.26. The third kappa shape index (κ3) is 4.82. The number of hydrogen-bond donors (Lipinski definition) is 2. The van der Waals surface area contributed by atoms with E-state index in [2.05, 4.69) is 11.1 Å². The number of carbonyl (C=O) groups is 1. The minimum atomic E-state index is -4.06. The summed E-state index contributed by atoms with van der Waals surface area (Å²) >= 11 is 0. The minimum Gasteiger partial charge on any atom is -0.493 e. The molecule has 1 aliphatic heterocycles. The number of nitrogens with zero attached hydrogens (tertiary/aromatic N) is 1. The number of amides is 1. The maximum atomic E-state index is 13.3. The lowest BCUT2D eigenvalue weighted by Crippen LogP contribution is -2.54. The number of hydroxylamine groups is 1. The molecule has 0 saturated carbocycles. The Morgan fingerprint density at radius 1 is 1.06 bits per heavy atom. The molecule has 1 fully saturated rings. The van der Waals surface area contributed by atoms with Crippen LogP contribution >= 0.6 is 0 Å². The highest BCUT2D eigenvalue weighted by atomic mass is 32.2. The molecule has 4 rings (SSSR count). The van der Waals surface area contributed by atoms with Crippen LogP contribution in [-0.2, 0) is 25.8 Å². The lowest BCUT2D eigenvalue weighted by molar-refractivity contribution is -0.134. The van der Waals surface area contributed by atoms with Crippen LogP contribution in [0.25, 0.3) is 11.1 Å². The molecule has 1 aliphatic rings. The molecule has 0 bridgehead atoms. The van der Waals surface area contributed by atoms with Gasteiger partial charge in [0.25, 0.3) is 5.91 Å². The summed E-state index contributed by atoms with van der Waals surface area (Å²) in [6.07, 6.45) is 4.17. The summed E-state index contributed by atoms with van der Waals surface area (Å²) in [5, 5.41) is 9.15. The molecule has 2 N–H and O–H groups in total. The number of aromatic nitrogens is 1. The zero-order chi connectivity index (χ0) is 24.0. The molecule has 1 aromatic heterocycles. The van der Waals surface area contributed by atoms with E-state index < -0.39 is 20.5 Å². The van der Waals surface area contributed by atoms with Gasteiger partial charge in [0.2, 0.25) is 0 Å². The van der Waals surface area contributed by atoms with E-state index in [-0.39, 0.29) is 31.0 Å². The van der Waals surface area contributed by atoms with Gasteiger partial charge in [0.05, 0.1) is 11.5 Å². The molecule has 34 heavy (non-hydrogen) atoms. The third-order valence-corrected chi connectivity index (χ3v) is 8.56. The van der Waals surface area contributed by atoms with Crippen LogP contribution in [0.2, 0.25) is 0 Å². The molecule has 0 unspecified atom stereocenters. The largest absolute Gasteiger partial charge is 0.493 e. The van der Waals surface area contributed by atoms with Gasteiger partial charge in [-0.05, 0) is 59.9 Å². The van der Waals surface area contributed by atoms with Crippen molar-refractivity contribution in [1.82, 2.24) is 10.5 Å². The van der Waals surface area contributed by atoms with Gasteiger partial charge in [-0.1, -0.05) is 30.3 Å². The molecular formula is C25H26N2O6S. The van der Waals surface area contributed by atoms with Gasteiger partial charge in [-0.2, -0.15) is 0 Å². The molecule has 2 heterocycles. The van der Waals surface area contributed by atoms with E-state index in [1.165, 1.54) is 17.6 Å². The van der Waals surface area contributed by atoms with Gasteiger partial charge in [-0.3, -0.25) is 15.0 Å². The highest BCUT2D eigenvalue weighted by Crippen LogP contribution is 2.35. The van der Waals surface area contributed by atoms with Gasteiger partial charge >= 0.3 is 0 Å². The number of ether oxygens (including phenoxy) is 2. The van der Waals surface area contributed by atoms with Gasteiger partial charge in [0.1, 0.15) is 5.75 Å². The van der Waals surface area contributed by atoms with Crippen LogP contribution in [0.15, 0.2) is 78.0 Å². The van der Waals surface area contributed by atoms with Crippen molar-refractivity contribution in [3.63, 3.8) is 0 Å². The molecule has 1 saturated heterocycles. The first-order valence-corrected chi connectivity index (χ1v) is 12.4. The van der Waals surface area contributed by atoms with E-state index in [4.69, 9.17) is 14.7 Å². The quantitative estimate of drug-likeness (QED) is 0.374. The average molecular weight is 483 g/mol. The van der Waals surface area contributed by atoms with E-state index in [9.17, 15) is 13.2 Å². The molecule has 2 aromatic carbocycles. The molecule has 0 radical (unpaired) electrons. The SMILES string of the molecule is O=C(NO)C1(S(=O)(=O)c2ccc(OCCc3cccc(-c4cccnc4)c3)cc2)CCOCC1. The van der Waals surface area contributed by atoms with Crippen LogP contribution < -0.4 is 10.2 Å². The second-order valence-electron chi connectivity index (χ2n) is 8.06. The molecule has 0 spiro atoms. The number of nitrogens with one attached hydrogen (secondary N) is 1. The number of sulfone groups is 1. The normalized spacial score (nSPS) is 15.4. The molecule has 1 amide bonds. The van der Waals surface area contributed by atoms with Crippen LogP contribution in [0.1, 0.15) is 18.4 Å². The van der Waals surface area contributed by atoms with E-state index in [1.54, 1.807) is 18.3 Å². The van der Waals surface area contributed by atoms with Gasteiger partial charge in [-0.25, -0.2) is 13.9 Å². The second kappa shape index (κ2) is 10.3. The highest BCUT2D eigenvalue weighted by Gasteiger charge is 2.52. The van der Waals surface area contributed by atoms with Crippen molar-refractivity contribution in [1.29, 1.82) is 0 Å². The predicted octanol–water partition coefficient (Wildman–Crippen LogP) is 3.20. The number of hydrogen-bond acceptors (Lipinski definition) is 7. The Morgan fingerprint density at radius 3 is 2.47 bits per heavy atom. The maximum Gasteiger partial charge on any atom is 0.265 e. The summed E-state index contributed by atoms with van der Waals surface area (Å²) in [5.74, 6) is -0.417. The molecule has 9 heteroatoms. The van der Waals surface area contributed by atoms with Gasteiger partial charge in [0, 0.05) is 32.0 Å². The smallest absolute Gasteiger partial charge is 0.265 e. The van der Waals surface area contributed by atoms with Crippen molar-refractivity contribution in [2.45, 2.75) is 28.9 Å². The maximum absolute atomic E-state index is 13.3. The van der Waals surface area contributed by atoms with Crippen LogP contribution in [-0.4, -0.2) is 49.1 Å². The van der Waals surface area contributed by atoms with E-state index in [0.29, 0.717) is 18.8 Å². The summed E-state index contributed by atoms with van der Waals surface area (Å²) in [6.45, 7) is 0.655. The fourth-order valence-electron chi connectivity index (χ4n) is 4.09. The summed E-state index contributed by atoms with van der Waals surface area (Å²) < 4.78 is 35.9. The molecule has 8 nitrogen and oxygen atoms in total. The van der Waals surface area contributed by atoms with Crippen LogP contribution in [0.4, 0.5) is 0 Å². The van der Waals surface area contributed by atoms with Gasteiger partial charge in [-0.15, -0.1) is 0 Å². The minimum absolute atomic E-state index is 0.00507. The lowest BCUT2D eigenvalue weighted by atomic mass is 9.98. The third-order valence-electron chi connectivity index (χ3n) is 6.05. The monoisotopic (exact) mass is 482 g/mol. The number of carbonyl (C=O) groups excluding carboxylic acids is 1. The number of pyridine rings is 1. The second-order valence-corrected chi connectivity index (χ2v) is 10.3. The predicted molar refractivity (Wildman–Crippen MR) is 125 cm³/mol. The molecule has 0 atom stereocenters. The van der Waals surface area contributed by atoms with Crippen LogP contribution in [0, 0.1) is 0 Å². The van der Waals surface area contributed by atoms with Crippen molar-refractivity contribution >= 4 is 15.7 Å². The average Bonchev–Trinajstić information content (AvgIpc) is 2.89. The number of rotatable bonds is 8. The van der Waals surface area contributed by atoms with Crippen molar-refractivity contribution in [3.05, 3.63) is 78.6 Å². The van der Waals surface area contributed by atoms with Gasteiger partial charge in [0.15, 0.2) is 14.6 Å². The van der Waals surface area contributed by atoms with Crippen molar-refractivity contribution in [2.75, 3.05) is 19.8 Å². The highest BCUT2D eigenvalue weighted by molar-refractivity contribution is 7.93. The van der Waals surface area contributed by atoms with E-state index in [1.807, 2.05) is 36.5 Å². The molecule has 3 aromatic rings. The zero-order valence-electron chi connectivity index (χ0n) is 18.5. The van der Waals surface area contributed by atoms with Crippen LogP contribution in [0.3, 0.4) is 0 Å². The molecule has 0 aliphatic carbocycles. The molecule has 178 valence electrons. The Bertz CT molecular complexity index is 1220. The topological polar surface area (TPSA) is 115 Å². The summed E-state index contributed by atoms with van der Waals surface area (Å²) in [6, 6.07) is 18.0. The van der Waals surface area contributed by atoms with Crippen molar-refractivity contribution < 1.29 is 27.9 Å². The fourth-order valence-corrected chi connectivity index (χ4v) is 6.03. The summed E-state index contributed by atoms with van der Waals surface area (Å²) in [5.41, 5.74) is 4.75. The Morgan fingerprint density at radius 2 is 1.79 bits per heavy atom. The first kappa shape index (κ1) is 23.9. The Hall–Kier alpha value is -3.27. The molecular weight excluding hydrogens is 456 g/mol. The Labute approximate surface area is 198 Å². The van der Waals surface area contributed by atoms with E-state index >= 15 is 0 Å². The summed E-state index contributed by atoms with van der Waals surface area (Å²) in [7, 11) is -4.06. The Balaban J connectivity index is 1.42. The lowest BCUT2D eigenvalue weighted by Gasteiger charge is -2.34.